The summed E-state index contributed by atoms with van der Waals surface area (Å²) < 4.78 is 4.48. The van der Waals surface area contributed by atoms with Crippen molar-refractivity contribution in [1.29, 1.82) is 0 Å². The zero-order chi connectivity index (χ0) is 9.40. The average molecular weight is 168 g/mol. The molecule has 0 radical (unpaired) electrons. The summed E-state index contributed by atoms with van der Waals surface area (Å²) in [6.45, 7) is 4.09. The van der Waals surface area contributed by atoms with Gasteiger partial charge in [0.05, 0.1) is 13.5 Å². The van der Waals surface area contributed by atoms with Gasteiger partial charge >= 0.3 is 5.97 Å². The molecule has 2 nitrogen and oxygen atoms in total. The van der Waals surface area contributed by atoms with E-state index in [2.05, 4.69) is 17.7 Å². The molecule has 0 heterocycles. The number of esters is 1. The van der Waals surface area contributed by atoms with E-state index in [1.165, 1.54) is 12.7 Å². The van der Waals surface area contributed by atoms with Crippen molar-refractivity contribution in [1.82, 2.24) is 0 Å². The molecule has 0 saturated carbocycles. The van der Waals surface area contributed by atoms with Gasteiger partial charge in [-0.2, -0.15) is 0 Å². The van der Waals surface area contributed by atoms with Crippen molar-refractivity contribution in [3.05, 3.63) is 23.8 Å². The highest BCUT2D eigenvalue weighted by Crippen LogP contribution is 1.98. The summed E-state index contributed by atoms with van der Waals surface area (Å²) in [5.41, 5.74) is 1.18. The van der Waals surface area contributed by atoms with E-state index in [1.807, 2.05) is 19.1 Å². The maximum absolute atomic E-state index is 10.7. The second-order valence-electron chi connectivity index (χ2n) is 2.54. The van der Waals surface area contributed by atoms with E-state index >= 15 is 0 Å². The molecule has 0 atom stereocenters. The Kier molecular flexibility index (Phi) is 6.07. The van der Waals surface area contributed by atoms with E-state index in [0.717, 1.165) is 6.42 Å². The molecule has 0 bridgehead atoms. The molecular weight excluding hydrogens is 152 g/mol. The minimum atomic E-state index is -0.199. The van der Waals surface area contributed by atoms with Gasteiger partial charge in [-0.05, 0) is 13.3 Å². The first-order chi connectivity index (χ1) is 5.70. The topological polar surface area (TPSA) is 26.3 Å². The molecule has 68 valence electrons. The lowest BCUT2D eigenvalue weighted by Gasteiger charge is -1.92. The minimum Gasteiger partial charge on any atom is -0.469 e. The summed E-state index contributed by atoms with van der Waals surface area (Å²) >= 11 is 0. The van der Waals surface area contributed by atoms with Crippen molar-refractivity contribution < 1.29 is 9.53 Å². The van der Waals surface area contributed by atoms with Gasteiger partial charge in [-0.25, -0.2) is 0 Å². The van der Waals surface area contributed by atoms with E-state index in [0.29, 0.717) is 6.42 Å². The summed E-state index contributed by atoms with van der Waals surface area (Å²) in [4.78, 5) is 10.7. The second-order valence-corrected chi connectivity index (χ2v) is 2.54. The summed E-state index contributed by atoms with van der Waals surface area (Å²) in [6.07, 6.45) is 7.22. The van der Waals surface area contributed by atoms with E-state index in [4.69, 9.17) is 0 Å². The van der Waals surface area contributed by atoms with E-state index in [-0.39, 0.29) is 5.97 Å². The van der Waals surface area contributed by atoms with E-state index in [9.17, 15) is 4.79 Å². The van der Waals surface area contributed by atoms with Crippen molar-refractivity contribution in [3.8, 4) is 0 Å². The number of hydrogen-bond acceptors (Lipinski definition) is 2. The Morgan fingerprint density at radius 3 is 2.67 bits per heavy atom. The van der Waals surface area contributed by atoms with Crippen LogP contribution in [-0.2, 0) is 9.53 Å². The highest BCUT2D eigenvalue weighted by molar-refractivity contribution is 5.70. The Morgan fingerprint density at radius 2 is 2.17 bits per heavy atom. The minimum absolute atomic E-state index is 0.199. The van der Waals surface area contributed by atoms with Gasteiger partial charge in [0.2, 0.25) is 0 Å². The van der Waals surface area contributed by atoms with Crippen LogP contribution in [-0.4, -0.2) is 13.1 Å². The zero-order valence-corrected chi connectivity index (χ0v) is 7.96. The van der Waals surface area contributed by atoms with Gasteiger partial charge in [-0.3, -0.25) is 4.79 Å². The lowest BCUT2D eigenvalue weighted by atomic mass is 10.2. The van der Waals surface area contributed by atoms with Crippen LogP contribution >= 0.6 is 0 Å². The molecule has 2 heteroatoms. The molecule has 0 amide bonds. The van der Waals surface area contributed by atoms with Gasteiger partial charge in [-0.1, -0.05) is 30.7 Å². The summed E-state index contributed by atoms with van der Waals surface area (Å²) in [6, 6.07) is 0. The van der Waals surface area contributed by atoms with Crippen LogP contribution in [0.15, 0.2) is 23.8 Å². The fraction of sp³-hybridized carbons (Fsp3) is 0.500. The van der Waals surface area contributed by atoms with Crippen LogP contribution in [0.2, 0.25) is 0 Å². The number of carbonyl (C=O) groups excluding carboxylic acids is 1. The monoisotopic (exact) mass is 168 g/mol. The first kappa shape index (κ1) is 11.0. The summed E-state index contributed by atoms with van der Waals surface area (Å²) in [7, 11) is 1.39. The Labute approximate surface area is 73.9 Å². The van der Waals surface area contributed by atoms with Gasteiger partial charge in [0.1, 0.15) is 0 Å². The Morgan fingerprint density at radius 1 is 1.50 bits per heavy atom. The van der Waals surface area contributed by atoms with Crippen LogP contribution in [0.25, 0.3) is 0 Å². The molecule has 0 aromatic carbocycles. The maximum atomic E-state index is 10.7. The van der Waals surface area contributed by atoms with Crippen LogP contribution in [0.5, 0.6) is 0 Å². The molecule has 0 aromatic rings. The Hall–Kier alpha value is -1.05. The zero-order valence-electron chi connectivity index (χ0n) is 7.96. The first-order valence-electron chi connectivity index (χ1n) is 4.10. The first-order valence-corrected chi connectivity index (χ1v) is 4.10. The molecule has 0 N–H and O–H groups in total. The molecule has 0 aliphatic carbocycles. The maximum Gasteiger partial charge on any atom is 0.309 e. The largest absolute Gasteiger partial charge is 0.469 e. The highest BCUT2D eigenvalue weighted by Gasteiger charge is 1.92. The molecule has 12 heavy (non-hydrogen) atoms. The Bertz CT molecular complexity index is 190. The molecule has 0 aromatic heterocycles. The van der Waals surface area contributed by atoms with Crippen LogP contribution in [0.4, 0.5) is 0 Å². The number of methoxy groups -OCH3 is 1. The number of carbonyl (C=O) groups is 1. The lowest BCUT2D eigenvalue weighted by molar-refractivity contribution is -0.139. The van der Waals surface area contributed by atoms with Crippen molar-refractivity contribution in [2.24, 2.45) is 0 Å². The predicted molar refractivity (Wildman–Crippen MR) is 49.8 cm³/mol. The molecule has 0 aliphatic heterocycles. The summed E-state index contributed by atoms with van der Waals surface area (Å²) in [5, 5.41) is 0. The Balaban J connectivity index is 3.76. The predicted octanol–water partition coefficient (Wildman–Crippen LogP) is 2.46. The van der Waals surface area contributed by atoms with Crippen molar-refractivity contribution in [2.75, 3.05) is 7.11 Å². The fourth-order valence-electron chi connectivity index (χ4n) is 0.814. The van der Waals surface area contributed by atoms with Crippen molar-refractivity contribution >= 4 is 5.97 Å². The summed E-state index contributed by atoms with van der Waals surface area (Å²) in [5.74, 6) is -0.199. The van der Waals surface area contributed by atoms with Crippen molar-refractivity contribution in [2.45, 2.75) is 26.7 Å². The molecule has 0 saturated heterocycles. The van der Waals surface area contributed by atoms with Crippen LogP contribution in [0.1, 0.15) is 26.7 Å². The van der Waals surface area contributed by atoms with Crippen LogP contribution in [0, 0.1) is 0 Å². The quantitative estimate of drug-likeness (QED) is 0.476. The molecular formula is C10H16O2. The lowest BCUT2D eigenvalue weighted by Crippen LogP contribution is -1.96. The van der Waals surface area contributed by atoms with Gasteiger partial charge in [0.25, 0.3) is 0 Å². The highest BCUT2D eigenvalue weighted by atomic mass is 16.5. The molecule has 0 aliphatic rings. The van der Waals surface area contributed by atoms with E-state index < -0.39 is 0 Å². The molecule has 0 unspecified atom stereocenters. The molecule has 0 fully saturated rings. The second kappa shape index (κ2) is 6.65. The van der Waals surface area contributed by atoms with Gasteiger partial charge in [0, 0.05) is 0 Å². The third kappa shape index (κ3) is 5.71. The standard InChI is InChI=1S/C10H16O2/c1-4-6-9(2)7-5-8-10(11)12-3/h5-7H,4,8H2,1-3H3/b7-5-,9-6-. The molecule has 0 spiro atoms. The number of rotatable bonds is 4. The van der Waals surface area contributed by atoms with E-state index in [1.54, 1.807) is 0 Å². The van der Waals surface area contributed by atoms with Crippen LogP contribution in [0.3, 0.4) is 0 Å². The SMILES string of the molecule is CC/C=C(C)\C=C/CC(=O)OC. The smallest absolute Gasteiger partial charge is 0.309 e. The van der Waals surface area contributed by atoms with Gasteiger partial charge in [0.15, 0.2) is 0 Å². The number of ether oxygens (including phenoxy) is 1. The van der Waals surface area contributed by atoms with Gasteiger partial charge in [-0.15, -0.1) is 0 Å². The van der Waals surface area contributed by atoms with Crippen molar-refractivity contribution in [3.63, 3.8) is 0 Å². The fourth-order valence-corrected chi connectivity index (χ4v) is 0.814. The normalized spacial score (nSPS) is 12.1. The number of allylic oxidation sites excluding steroid dienone is 3. The third-order valence-electron chi connectivity index (χ3n) is 1.42. The molecule has 0 rings (SSSR count). The average Bonchev–Trinajstić information content (AvgIpc) is 2.04. The third-order valence-corrected chi connectivity index (χ3v) is 1.42. The van der Waals surface area contributed by atoms with Crippen LogP contribution < -0.4 is 0 Å². The van der Waals surface area contributed by atoms with Gasteiger partial charge < -0.3 is 4.74 Å². The number of hydrogen-bond donors (Lipinski definition) is 0.